The van der Waals surface area contributed by atoms with Gasteiger partial charge in [-0.3, -0.25) is 9.78 Å². The van der Waals surface area contributed by atoms with E-state index in [2.05, 4.69) is 20.9 Å². The lowest BCUT2D eigenvalue weighted by Gasteiger charge is -1.98. The summed E-state index contributed by atoms with van der Waals surface area (Å²) in [5.41, 5.74) is 1.42. The molecule has 0 unspecified atom stereocenters. The van der Waals surface area contributed by atoms with Gasteiger partial charge < -0.3 is 0 Å². The summed E-state index contributed by atoms with van der Waals surface area (Å²) < 4.78 is 0.802. The van der Waals surface area contributed by atoms with Crippen LogP contribution in [0.15, 0.2) is 59.2 Å². The number of hydrogen-bond acceptors (Lipinski definition) is 2. The number of carbonyl (C=O) groups excluding carboxylic acids is 1. The highest BCUT2D eigenvalue weighted by atomic mass is 79.9. The number of pyridine rings is 1. The monoisotopic (exact) mass is 287 g/mol. The van der Waals surface area contributed by atoms with Crippen molar-refractivity contribution in [2.24, 2.45) is 0 Å². The van der Waals surface area contributed by atoms with Crippen molar-refractivity contribution in [3.05, 3.63) is 70.5 Å². The molecular weight excluding hydrogens is 278 g/mol. The summed E-state index contributed by atoms with van der Waals surface area (Å²) in [7, 11) is 0. The van der Waals surface area contributed by atoms with Gasteiger partial charge >= 0.3 is 0 Å². The zero-order chi connectivity index (χ0) is 12.1. The van der Waals surface area contributed by atoms with E-state index in [0.29, 0.717) is 5.56 Å². The first-order valence-corrected chi connectivity index (χ1v) is 5.94. The minimum absolute atomic E-state index is 0.0388. The van der Waals surface area contributed by atoms with E-state index in [1.54, 1.807) is 18.3 Å². The first-order valence-electron chi connectivity index (χ1n) is 5.15. The lowest BCUT2D eigenvalue weighted by Crippen LogP contribution is -1.95. The molecule has 1 heterocycles. The van der Waals surface area contributed by atoms with Gasteiger partial charge in [-0.25, -0.2) is 0 Å². The molecule has 0 N–H and O–H groups in total. The number of carbonyl (C=O) groups is 1. The molecule has 0 radical (unpaired) electrons. The number of allylic oxidation sites excluding steroid dienone is 1. The number of benzene rings is 1. The van der Waals surface area contributed by atoms with Crippen LogP contribution in [0, 0.1) is 0 Å². The van der Waals surface area contributed by atoms with E-state index in [9.17, 15) is 4.79 Å². The fraction of sp³-hybridized carbons (Fsp3) is 0. The SMILES string of the molecule is O=C(/C=C/c1ccccn1)c1ccccc1Br. The molecule has 0 aliphatic heterocycles. The van der Waals surface area contributed by atoms with Crippen LogP contribution < -0.4 is 0 Å². The fourth-order valence-electron chi connectivity index (χ4n) is 1.39. The molecule has 0 aliphatic rings. The quantitative estimate of drug-likeness (QED) is 0.636. The molecule has 84 valence electrons. The molecule has 1 aromatic carbocycles. The highest BCUT2D eigenvalue weighted by Gasteiger charge is 2.05. The smallest absolute Gasteiger partial charge is 0.187 e. The van der Waals surface area contributed by atoms with Crippen LogP contribution in [0.3, 0.4) is 0 Å². The van der Waals surface area contributed by atoms with Crippen molar-refractivity contribution in [2.45, 2.75) is 0 Å². The molecule has 2 rings (SSSR count). The molecule has 2 nitrogen and oxygen atoms in total. The summed E-state index contributed by atoms with van der Waals surface area (Å²) in [6, 6.07) is 12.9. The molecule has 0 fully saturated rings. The lowest BCUT2D eigenvalue weighted by atomic mass is 10.1. The van der Waals surface area contributed by atoms with Crippen LogP contribution in [-0.2, 0) is 0 Å². The molecular formula is C14H10BrNO. The van der Waals surface area contributed by atoms with Gasteiger partial charge in [0, 0.05) is 16.2 Å². The average molecular weight is 288 g/mol. The summed E-state index contributed by atoms with van der Waals surface area (Å²) in [5.74, 6) is -0.0388. The normalized spacial score (nSPS) is 10.6. The summed E-state index contributed by atoms with van der Waals surface area (Å²) in [6.45, 7) is 0. The van der Waals surface area contributed by atoms with Crippen molar-refractivity contribution >= 4 is 27.8 Å². The highest BCUT2D eigenvalue weighted by Crippen LogP contribution is 2.17. The van der Waals surface area contributed by atoms with Gasteiger partial charge in [-0.05, 0) is 36.4 Å². The lowest BCUT2D eigenvalue weighted by molar-refractivity contribution is 0.104. The Balaban J connectivity index is 2.18. The van der Waals surface area contributed by atoms with E-state index >= 15 is 0 Å². The summed E-state index contributed by atoms with van der Waals surface area (Å²) >= 11 is 3.35. The van der Waals surface area contributed by atoms with Crippen LogP contribution in [0.1, 0.15) is 16.1 Å². The molecule has 0 saturated carbocycles. The van der Waals surface area contributed by atoms with Gasteiger partial charge in [-0.1, -0.05) is 34.1 Å². The van der Waals surface area contributed by atoms with Gasteiger partial charge in [0.1, 0.15) is 0 Å². The number of hydrogen-bond donors (Lipinski definition) is 0. The Morgan fingerprint density at radius 2 is 1.88 bits per heavy atom. The summed E-state index contributed by atoms with van der Waals surface area (Å²) in [4.78, 5) is 16.0. The van der Waals surface area contributed by atoms with Crippen LogP contribution >= 0.6 is 15.9 Å². The van der Waals surface area contributed by atoms with Crippen molar-refractivity contribution in [2.75, 3.05) is 0 Å². The molecule has 0 atom stereocenters. The first kappa shape index (κ1) is 11.7. The predicted molar refractivity (Wildman–Crippen MR) is 71.7 cm³/mol. The van der Waals surface area contributed by atoms with Crippen molar-refractivity contribution in [3.63, 3.8) is 0 Å². The Hall–Kier alpha value is -1.74. The molecule has 17 heavy (non-hydrogen) atoms. The Morgan fingerprint density at radius 1 is 1.12 bits per heavy atom. The maximum absolute atomic E-state index is 11.9. The zero-order valence-electron chi connectivity index (χ0n) is 9.01. The molecule has 1 aromatic heterocycles. The van der Waals surface area contributed by atoms with Gasteiger partial charge in [0.15, 0.2) is 5.78 Å². The van der Waals surface area contributed by atoms with Gasteiger partial charge in [0.05, 0.1) is 5.69 Å². The molecule has 0 saturated heterocycles. The maximum Gasteiger partial charge on any atom is 0.187 e. The Labute approximate surface area is 108 Å². The number of ketones is 1. The number of aromatic nitrogens is 1. The second-order valence-corrected chi connectivity index (χ2v) is 4.29. The van der Waals surface area contributed by atoms with Crippen LogP contribution in [-0.4, -0.2) is 10.8 Å². The largest absolute Gasteiger partial charge is 0.289 e. The van der Waals surface area contributed by atoms with E-state index in [0.717, 1.165) is 10.2 Å². The third kappa shape index (κ3) is 3.11. The van der Waals surface area contributed by atoms with E-state index in [-0.39, 0.29) is 5.78 Å². The van der Waals surface area contributed by atoms with Crippen molar-refractivity contribution in [3.8, 4) is 0 Å². The number of rotatable bonds is 3. The number of halogens is 1. The molecule has 0 spiro atoms. The van der Waals surface area contributed by atoms with Crippen LogP contribution in [0.2, 0.25) is 0 Å². The van der Waals surface area contributed by atoms with E-state index in [1.165, 1.54) is 6.08 Å². The van der Waals surface area contributed by atoms with Crippen LogP contribution in [0.25, 0.3) is 6.08 Å². The molecule has 2 aromatic rings. The van der Waals surface area contributed by atoms with Crippen molar-refractivity contribution in [1.29, 1.82) is 0 Å². The Bertz CT molecular complexity index is 549. The minimum atomic E-state index is -0.0388. The first-order chi connectivity index (χ1) is 8.27. The van der Waals surface area contributed by atoms with Gasteiger partial charge in [0.2, 0.25) is 0 Å². The molecule has 0 amide bonds. The average Bonchev–Trinajstić information content (AvgIpc) is 2.38. The van der Waals surface area contributed by atoms with Crippen LogP contribution in [0.4, 0.5) is 0 Å². The third-order valence-electron chi connectivity index (χ3n) is 2.23. The van der Waals surface area contributed by atoms with Crippen LogP contribution in [0.5, 0.6) is 0 Å². The van der Waals surface area contributed by atoms with Gasteiger partial charge in [0.25, 0.3) is 0 Å². The highest BCUT2D eigenvalue weighted by molar-refractivity contribution is 9.10. The standard InChI is InChI=1S/C14H10BrNO/c15-13-7-2-1-6-12(13)14(17)9-8-11-5-3-4-10-16-11/h1-10H/b9-8+. The van der Waals surface area contributed by atoms with E-state index in [1.807, 2.05) is 36.4 Å². The minimum Gasteiger partial charge on any atom is -0.289 e. The number of nitrogens with zero attached hydrogens (tertiary/aromatic N) is 1. The topological polar surface area (TPSA) is 30.0 Å². The fourth-order valence-corrected chi connectivity index (χ4v) is 1.87. The molecule has 0 bridgehead atoms. The zero-order valence-corrected chi connectivity index (χ0v) is 10.6. The second-order valence-electron chi connectivity index (χ2n) is 3.43. The van der Waals surface area contributed by atoms with Gasteiger partial charge in [-0.2, -0.15) is 0 Å². The van der Waals surface area contributed by atoms with E-state index < -0.39 is 0 Å². The summed E-state index contributed by atoms with van der Waals surface area (Å²) in [5, 5.41) is 0. The molecule has 3 heteroatoms. The van der Waals surface area contributed by atoms with Gasteiger partial charge in [-0.15, -0.1) is 0 Å². The second kappa shape index (κ2) is 5.55. The van der Waals surface area contributed by atoms with Crippen molar-refractivity contribution < 1.29 is 4.79 Å². The van der Waals surface area contributed by atoms with E-state index in [4.69, 9.17) is 0 Å². The van der Waals surface area contributed by atoms with Crippen molar-refractivity contribution in [1.82, 2.24) is 4.98 Å². The maximum atomic E-state index is 11.9. The Kier molecular flexibility index (Phi) is 3.83. The summed E-state index contributed by atoms with van der Waals surface area (Å²) in [6.07, 6.45) is 4.94. The third-order valence-corrected chi connectivity index (χ3v) is 2.92. The predicted octanol–water partition coefficient (Wildman–Crippen LogP) is 3.74. The Morgan fingerprint density at radius 3 is 2.59 bits per heavy atom. The molecule has 0 aliphatic carbocycles.